The Bertz CT molecular complexity index is 772. The highest BCUT2D eigenvalue weighted by Gasteiger charge is 2.28. The average molecular weight is 358 g/mol. The minimum absolute atomic E-state index is 0.0169. The molecule has 1 aromatic carbocycles. The van der Waals surface area contributed by atoms with Gasteiger partial charge in [0.05, 0.1) is 25.1 Å². The van der Waals surface area contributed by atoms with E-state index in [-0.39, 0.29) is 17.8 Å². The van der Waals surface area contributed by atoms with Gasteiger partial charge in [-0.2, -0.15) is 4.98 Å². The zero-order valence-electron chi connectivity index (χ0n) is 14.9. The first-order valence-corrected chi connectivity index (χ1v) is 8.62. The Balaban J connectivity index is 1.60. The maximum atomic E-state index is 11.9. The fraction of sp³-hybridized carbons (Fsp3) is 0.444. The Labute approximate surface area is 151 Å². The predicted octanol–water partition coefficient (Wildman–Crippen LogP) is 1.48. The molecule has 0 unspecified atom stereocenters. The van der Waals surface area contributed by atoms with Crippen LogP contribution in [0.25, 0.3) is 11.4 Å². The molecule has 1 aliphatic heterocycles. The lowest BCUT2D eigenvalue weighted by Gasteiger charge is -2.13. The van der Waals surface area contributed by atoms with E-state index in [0.717, 1.165) is 18.5 Å². The number of aromatic nitrogens is 2. The smallest absolute Gasteiger partial charge is 0.337 e. The number of carbonyl (C=O) groups is 2. The van der Waals surface area contributed by atoms with Crippen molar-refractivity contribution in [2.24, 2.45) is 5.92 Å². The van der Waals surface area contributed by atoms with Crippen molar-refractivity contribution in [3.63, 3.8) is 0 Å². The number of hydrogen-bond donors (Lipinski definition) is 1. The fourth-order valence-electron chi connectivity index (χ4n) is 3.01. The van der Waals surface area contributed by atoms with Gasteiger partial charge in [-0.3, -0.25) is 9.69 Å². The number of hydrogen-bond acceptors (Lipinski definition) is 7. The van der Waals surface area contributed by atoms with E-state index in [9.17, 15) is 9.59 Å². The van der Waals surface area contributed by atoms with Crippen molar-refractivity contribution in [3.05, 3.63) is 35.7 Å². The minimum Gasteiger partial charge on any atom is -0.465 e. The first-order valence-electron chi connectivity index (χ1n) is 8.62. The van der Waals surface area contributed by atoms with Crippen LogP contribution < -0.4 is 5.32 Å². The normalized spacial score (nSPS) is 17.2. The SMILES string of the molecule is CCNC(=O)[C@@H]1CCN(Cc2nc(-c3ccc(C(=O)OC)cc3)no2)C1. The molecule has 1 aliphatic rings. The van der Waals surface area contributed by atoms with Crippen molar-refractivity contribution in [2.45, 2.75) is 19.9 Å². The van der Waals surface area contributed by atoms with Gasteiger partial charge in [0.1, 0.15) is 0 Å². The second-order valence-electron chi connectivity index (χ2n) is 6.20. The minimum atomic E-state index is -0.388. The first-order chi connectivity index (χ1) is 12.6. The van der Waals surface area contributed by atoms with Crippen LogP contribution in [0.15, 0.2) is 28.8 Å². The predicted molar refractivity (Wildman–Crippen MR) is 93.1 cm³/mol. The molecular formula is C18H22N4O4. The van der Waals surface area contributed by atoms with Crippen LogP contribution in [0.1, 0.15) is 29.6 Å². The van der Waals surface area contributed by atoms with Gasteiger partial charge in [0.2, 0.25) is 17.6 Å². The number of nitrogens with zero attached hydrogens (tertiary/aromatic N) is 3. The van der Waals surface area contributed by atoms with Crippen molar-refractivity contribution in [2.75, 3.05) is 26.7 Å². The van der Waals surface area contributed by atoms with Gasteiger partial charge in [-0.15, -0.1) is 0 Å². The third kappa shape index (κ3) is 4.08. The third-order valence-electron chi connectivity index (χ3n) is 4.39. The lowest BCUT2D eigenvalue weighted by molar-refractivity contribution is -0.124. The number of nitrogens with one attached hydrogen (secondary N) is 1. The molecule has 1 amide bonds. The van der Waals surface area contributed by atoms with Crippen molar-refractivity contribution < 1.29 is 18.8 Å². The molecule has 0 bridgehead atoms. The zero-order valence-corrected chi connectivity index (χ0v) is 14.9. The fourth-order valence-corrected chi connectivity index (χ4v) is 3.01. The molecule has 2 heterocycles. The van der Waals surface area contributed by atoms with Crippen molar-refractivity contribution in [1.82, 2.24) is 20.4 Å². The molecular weight excluding hydrogens is 336 g/mol. The van der Waals surface area contributed by atoms with E-state index >= 15 is 0 Å². The lowest BCUT2D eigenvalue weighted by atomic mass is 10.1. The molecule has 1 atom stereocenters. The number of amides is 1. The topological polar surface area (TPSA) is 97.6 Å². The summed E-state index contributed by atoms with van der Waals surface area (Å²) in [6.45, 7) is 4.60. The van der Waals surface area contributed by atoms with E-state index in [1.807, 2.05) is 6.92 Å². The van der Waals surface area contributed by atoms with Crippen molar-refractivity contribution in [3.8, 4) is 11.4 Å². The van der Waals surface area contributed by atoms with Crippen LogP contribution in [0.2, 0.25) is 0 Å². The highest BCUT2D eigenvalue weighted by molar-refractivity contribution is 5.89. The molecule has 8 nitrogen and oxygen atoms in total. The molecule has 26 heavy (non-hydrogen) atoms. The van der Waals surface area contributed by atoms with Crippen LogP contribution in [0.4, 0.5) is 0 Å². The third-order valence-corrected chi connectivity index (χ3v) is 4.39. The maximum absolute atomic E-state index is 11.9. The summed E-state index contributed by atoms with van der Waals surface area (Å²) in [5.74, 6) is 0.709. The van der Waals surface area contributed by atoms with Gasteiger partial charge in [0.25, 0.3) is 0 Å². The van der Waals surface area contributed by atoms with E-state index in [1.165, 1.54) is 7.11 Å². The molecule has 1 fully saturated rings. The van der Waals surface area contributed by atoms with Crippen LogP contribution in [0.3, 0.4) is 0 Å². The van der Waals surface area contributed by atoms with Crippen molar-refractivity contribution >= 4 is 11.9 Å². The molecule has 2 aromatic rings. The summed E-state index contributed by atoms with van der Waals surface area (Å²) < 4.78 is 10.0. The summed E-state index contributed by atoms with van der Waals surface area (Å²) in [5, 5.41) is 6.86. The number of likely N-dealkylation sites (tertiary alicyclic amines) is 1. The second-order valence-corrected chi connectivity index (χ2v) is 6.20. The van der Waals surface area contributed by atoms with Crippen LogP contribution in [-0.4, -0.2) is 53.7 Å². The molecule has 0 saturated carbocycles. The Hall–Kier alpha value is -2.74. The molecule has 0 aliphatic carbocycles. The summed E-state index contributed by atoms with van der Waals surface area (Å²) in [6.07, 6.45) is 0.835. The van der Waals surface area contributed by atoms with E-state index in [4.69, 9.17) is 4.52 Å². The molecule has 0 spiro atoms. The van der Waals surface area contributed by atoms with Gasteiger partial charge in [0.15, 0.2) is 0 Å². The van der Waals surface area contributed by atoms with Crippen LogP contribution >= 0.6 is 0 Å². The Morgan fingerprint density at radius 3 is 2.81 bits per heavy atom. The number of ether oxygens (including phenoxy) is 1. The molecule has 8 heteroatoms. The molecule has 1 N–H and O–H groups in total. The summed E-state index contributed by atoms with van der Waals surface area (Å²) in [6, 6.07) is 6.83. The number of methoxy groups -OCH3 is 1. The van der Waals surface area contributed by atoms with Gasteiger partial charge in [-0.05, 0) is 32.0 Å². The zero-order chi connectivity index (χ0) is 18.5. The lowest BCUT2D eigenvalue weighted by Crippen LogP contribution is -2.32. The maximum Gasteiger partial charge on any atom is 0.337 e. The molecule has 0 radical (unpaired) electrons. The van der Waals surface area contributed by atoms with E-state index in [1.54, 1.807) is 24.3 Å². The molecule has 1 saturated heterocycles. The van der Waals surface area contributed by atoms with Crippen LogP contribution in [0.5, 0.6) is 0 Å². The van der Waals surface area contributed by atoms with Gasteiger partial charge >= 0.3 is 5.97 Å². The van der Waals surface area contributed by atoms with Gasteiger partial charge in [0, 0.05) is 18.7 Å². The monoisotopic (exact) mass is 358 g/mol. The molecule has 3 rings (SSSR count). The average Bonchev–Trinajstić information content (AvgIpc) is 3.31. The number of esters is 1. The molecule has 138 valence electrons. The molecule has 1 aromatic heterocycles. The number of rotatable bonds is 6. The number of carbonyl (C=O) groups excluding carboxylic acids is 2. The van der Waals surface area contributed by atoms with E-state index < -0.39 is 0 Å². The van der Waals surface area contributed by atoms with Gasteiger partial charge in [-0.1, -0.05) is 17.3 Å². The number of benzene rings is 1. The first kappa shape index (κ1) is 18.1. The standard InChI is InChI=1S/C18H22N4O4/c1-3-19-17(23)14-8-9-22(10-14)11-15-20-16(21-26-15)12-4-6-13(7-5-12)18(24)25-2/h4-7,14H,3,8-11H2,1-2H3,(H,19,23)/t14-/m1/s1. The van der Waals surface area contributed by atoms with E-state index in [2.05, 4.69) is 25.1 Å². The highest BCUT2D eigenvalue weighted by atomic mass is 16.5. The largest absolute Gasteiger partial charge is 0.465 e. The summed E-state index contributed by atoms with van der Waals surface area (Å²) in [7, 11) is 1.34. The quantitative estimate of drug-likeness (QED) is 0.781. The van der Waals surface area contributed by atoms with Crippen molar-refractivity contribution in [1.29, 1.82) is 0 Å². The Morgan fingerprint density at radius 1 is 1.35 bits per heavy atom. The summed E-state index contributed by atoms with van der Waals surface area (Å²) >= 11 is 0. The summed E-state index contributed by atoms with van der Waals surface area (Å²) in [4.78, 5) is 29.9. The Morgan fingerprint density at radius 2 is 2.12 bits per heavy atom. The van der Waals surface area contributed by atoms with Gasteiger partial charge in [-0.25, -0.2) is 4.79 Å². The Kier molecular flexibility index (Phi) is 5.62. The van der Waals surface area contributed by atoms with Crippen LogP contribution in [0, 0.1) is 5.92 Å². The second kappa shape index (κ2) is 8.09. The summed E-state index contributed by atoms with van der Waals surface area (Å²) in [5.41, 5.74) is 1.22. The highest BCUT2D eigenvalue weighted by Crippen LogP contribution is 2.21. The van der Waals surface area contributed by atoms with Gasteiger partial charge < -0.3 is 14.6 Å². The van der Waals surface area contributed by atoms with Crippen LogP contribution in [-0.2, 0) is 16.1 Å². The van der Waals surface area contributed by atoms with E-state index in [0.29, 0.717) is 36.9 Å².